The van der Waals surface area contributed by atoms with Crippen LogP contribution in [0.25, 0.3) is 22.0 Å². The van der Waals surface area contributed by atoms with E-state index in [1.54, 1.807) is 24.3 Å². The Bertz CT molecular complexity index is 1330. The van der Waals surface area contributed by atoms with Gasteiger partial charge in [0, 0.05) is 47.5 Å². The molecule has 0 radical (unpaired) electrons. The second-order valence-electron chi connectivity index (χ2n) is 8.67. The molecule has 2 saturated heterocycles. The lowest BCUT2D eigenvalue weighted by molar-refractivity contribution is 0.329. The Morgan fingerprint density at radius 3 is 2.71 bits per heavy atom. The van der Waals surface area contributed by atoms with Gasteiger partial charge in [-0.2, -0.15) is 9.40 Å². The van der Waals surface area contributed by atoms with Crippen LogP contribution in [0.1, 0.15) is 19.3 Å². The third-order valence-electron chi connectivity index (χ3n) is 6.95. The zero-order valence-electron chi connectivity index (χ0n) is 17.1. The fraction of sp³-hybridized carbons (Fsp3) is 0.292. The van der Waals surface area contributed by atoms with Gasteiger partial charge in [0.05, 0.1) is 11.1 Å². The monoisotopic (exact) mass is 432 g/mol. The summed E-state index contributed by atoms with van der Waals surface area (Å²) in [7, 11) is -3.44. The molecule has 2 aromatic heterocycles. The van der Waals surface area contributed by atoms with Crippen LogP contribution in [0, 0.1) is 5.92 Å². The third kappa shape index (κ3) is 3.03. The van der Waals surface area contributed by atoms with E-state index in [2.05, 4.69) is 45.2 Å². The predicted molar refractivity (Wildman–Crippen MR) is 120 cm³/mol. The van der Waals surface area contributed by atoms with Gasteiger partial charge in [-0.25, -0.2) is 8.42 Å². The highest BCUT2D eigenvalue weighted by Crippen LogP contribution is 2.45. The smallest absolute Gasteiger partial charge is 0.243 e. The summed E-state index contributed by atoms with van der Waals surface area (Å²) in [5, 5.41) is 8.09. The van der Waals surface area contributed by atoms with Crippen molar-refractivity contribution in [3.8, 4) is 11.1 Å². The van der Waals surface area contributed by atoms with E-state index in [0.717, 1.165) is 36.9 Å². The van der Waals surface area contributed by atoms with E-state index in [4.69, 9.17) is 0 Å². The number of aromatic nitrogens is 3. The summed E-state index contributed by atoms with van der Waals surface area (Å²) in [6.45, 7) is 0.844. The summed E-state index contributed by atoms with van der Waals surface area (Å²) in [4.78, 5) is 0.408. The van der Waals surface area contributed by atoms with Gasteiger partial charge in [0.1, 0.15) is 0 Å². The maximum absolute atomic E-state index is 13.3. The number of benzene rings is 2. The van der Waals surface area contributed by atoms with Gasteiger partial charge < -0.3 is 4.57 Å². The van der Waals surface area contributed by atoms with Crippen LogP contribution >= 0.6 is 0 Å². The van der Waals surface area contributed by atoms with Crippen molar-refractivity contribution in [2.45, 2.75) is 42.8 Å². The van der Waals surface area contributed by atoms with E-state index in [0.29, 0.717) is 10.8 Å². The van der Waals surface area contributed by atoms with Crippen LogP contribution in [0.3, 0.4) is 0 Å². The highest BCUT2D eigenvalue weighted by molar-refractivity contribution is 7.89. The van der Waals surface area contributed by atoms with E-state index in [9.17, 15) is 8.42 Å². The van der Waals surface area contributed by atoms with Gasteiger partial charge in [-0.05, 0) is 61.1 Å². The first-order valence-corrected chi connectivity index (χ1v) is 12.2. The highest BCUT2D eigenvalue weighted by atomic mass is 32.2. The molecule has 31 heavy (non-hydrogen) atoms. The van der Waals surface area contributed by atoms with Crippen LogP contribution in [0.15, 0.2) is 78.1 Å². The molecule has 2 aliphatic heterocycles. The van der Waals surface area contributed by atoms with Crippen LogP contribution in [0.5, 0.6) is 0 Å². The fourth-order valence-corrected chi connectivity index (χ4v) is 7.51. The lowest BCUT2D eigenvalue weighted by atomic mass is 9.89. The largest absolute Gasteiger partial charge is 0.347 e. The van der Waals surface area contributed by atoms with Crippen molar-refractivity contribution >= 4 is 20.9 Å². The van der Waals surface area contributed by atoms with E-state index in [1.165, 1.54) is 10.9 Å². The normalized spacial score (nSPS) is 23.7. The Hall–Kier alpha value is -2.90. The molecule has 2 aromatic carbocycles. The number of H-pyrrole nitrogens is 1. The first-order chi connectivity index (χ1) is 15.1. The summed E-state index contributed by atoms with van der Waals surface area (Å²) in [6, 6.07) is 17.7. The Morgan fingerprint density at radius 1 is 1.03 bits per heavy atom. The van der Waals surface area contributed by atoms with Crippen molar-refractivity contribution in [3.63, 3.8) is 0 Å². The topological polar surface area (TPSA) is 71.0 Å². The number of hydrogen-bond donors (Lipinski definition) is 1. The van der Waals surface area contributed by atoms with E-state index in [-0.39, 0.29) is 12.1 Å². The fourth-order valence-electron chi connectivity index (χ4n) is 5.55. The molecule has 4 aromatic rings. The van der Waals surface area contributed by atoms with Crippen LogP contribution < -0.4 is 0 Å². The molecular formula is C24H24N4O2S. The first-order valence-electron chi connectivity index (χ1n) is 10.8. The average Bonchev–Trinajstić information content (AvgIpc) is 3.58. The molecule has 2 aliphatic rings. The van der Waals surface area contributed by atoms with Crippen LogP contribution in [0.4, 0.5) is 0 Å². The zero-order chi connectivity index (χ0) is 21.0. The summed E-state index contributed by atoms with van der Waals surface area (Å²) in [6.07, 6.45) is 8.71. The molecule has 1 N–H and O–H groups in total. The molecule has 0 aliphatic carbocycles. The first kappa shape index (κ1) is 18.8. The molecule has 0 saturated carbocycles. The second-order valence-corrected chi connectivity index (χ2v) is 10.5. The van der Waals surface area contributed by atoms with Gasteiger partial charge in [0.25, 0.3) is 0 Å². The number of nitrogens with zero attached hydrogens (tertiary/aromatic N) is 3. The molecule has 2 bridgehead atoms. The van der Waals surface area contributed by atoms with Gasteiger partial charge in [-0.15, -0.1) is 0 Å². The number of aromatic amines is 1. The zero-order valence-corrected chi connectivity index (χ0v) is 17.9. The summed E-state index contributed by atoms with van der Waals surface area (Å²) in [5.74, 6) is 0.335. The van der Waals surface area contributed by atoms with Gasteiger partial charge in [0.2, 0.25) is 10.0 Å². The number of nitrogens with one attached hydrogen (secondary N) is 1. The number of fused-ring (bicyclic) bond motifs is 3. The molecule has 2 fully saturated rings. The van der Waals surface area contributed by atoms with E-state index < -0.39 is 10.0 Å². The molecule has 3 atom stereocenters. The third-order valence-corrected chi connectivity index (χ3v) is 8.95. The van der Waals surface area contributed by atoms with Crippen LogP contribution in [-0.4, -0.2) is 39.6 Å². The van der Waals surface area contributed by atoms with Crippen molar-refractivity contribution in [2.75, 3.05) is 0 Å². The molecule has 4 heterocycles. The average molecular weight is 433 g/mol. The molecule has 0 amide bonds. The van der Waals surface area contributed by atoms with Crippen molar-refractivity contribution in [3.05, 3.63) is 73.2 Å². The van der Waals surface area contributed by atoms with Gasteiger partial charge in [-0.3, -0.25) is 5.10 Å². The number of rotatable bonds is 5. The maximum atomic E-state index is 13.3. The molecule has 3 unspecified atom stereocenters. The van der Waals surface area contributed by atoms with Crippen molar-refractivity contribution in [1.82, 2.24) is 19.1 Å². The van der Waals surface area contributed by atoms with Gasteiger partial charge >= 0.3 is 0 Å². The Labute approximate surface area is 181 Å². The van der Waals surface area contributed by atoms with Crippen LogP contribution in [0.2, 0.25) is 0 Å². The predicted octanol–water partition coefficient (Wildman–Crippen LogP) is 4.27. The molecular weight excluding hydrogens is 408 g/mol. The lowest BCUT2D eigenvalue weighted by Gasteiger charge is -2.24. The van der Waals surface area contributed by atoms with Gasteiger partial charge in [-0.1, -0.05) is 24.3 Å². The quantitative estimate of drug-likeness (QED) is 0.512. The summed E-state index contributed by atoms with van der Waals surface area (Å²) < 4.78 is 30.7. The Morgan fingerprint density at radius 2 is 1.90 bits per heavy atom. The van der Waals surface area contributed by atoms with Crippen LogP contribution in [-0.2, 0) is 16.6 Å². The summed E-state index contributed by atoms with van der Waals surface area (Å²) >= 11 is 0. The van der Waals surface area contributed by atoms with Crippen molar-refractivity contribution < 1.29 is 8.42 Å². The molecule has 158 valence electrons. The number of hydrogen-bond acceptors (Lipinski definition) is 3. The molecule has 6 rings (SSSR count). The van der Waals surface area contributed by atoms with Gasteiger partial charge in [0.15, 0.2) is 0 Å². The minimum Gasteiger partial charge on any atom is -0.347 e. The minimum absolute atomic E-state index is 0.0814. The van der Waals surface area contributed by atoms with E-state index in [1.807, 2.05) is 22.8 Å². The second kappa shape index (κ2) is 7.07. The Balaban J connectivity index is 1.27. The molecule has 6 nitrogen and oxygen atoms in total. The lowest BCUT2D eigenvalue weighted by Crippen LogP contribution is -2.37. The maximum Gasteiger partial charge on any atom is 0.243 e. The minimum atomic E-state index is -3.44. The van der Waals surface area contributed by atoms with Crippen molar-refractivity contribution in [1.29, 1.82) is 0 Å². The van der Waals surface area contributed by atoms with E-state index >= 15 is 0 Å². The Kier molecular flexibility index (Phi) is 4.30. The van der Waals surface area contributed by atoms with Crippen molar-refractivity contribution in [2.24, 2.45) is 5.92 Å². The summed E-state index contributed by atoms with van der Waals surface area (Å²) in [5.41, 5.74) is 3.40. The molecule has 7 heteroatoms. The standard InChI is InChI=1S/C24H24N4O2S/c29-31(30,22-4-2-1-3-5-22)28-21-7-9-24(28)19(13-21)16-27-11-10-18-12-17(6-8-23(18)27)20-14-25-26-15-20/h1-6,8,10-12,14-15,19,21,24H,7,9,13,16H2,(H,25,26). The SMILES string of the molecule is O=S(=O)(c1ccccc1)N1C2CCC1C(Cn1ccc3cc(-c4cn[nH]c4)ccc31)C2. The molecule has 0 spiro atoms. The highest BCUT2D eigenvalue weighted by Gasteiger charge is 2.51. The number of sulfonamides is 1.